The Morgan fingerprint density at radius 1 is 0.806 bits per heavy atom. The summed E-state index contributed by atoms with van der Waals surface area (Å²) in [6.45, 7) is 10.5. The molecule has 31 heavy (non-hydrogen) atoms. The highest BCUT2D eigenvalue weighted by molar-refractivity contribution is 6.06. The van der Waals surface area contributed by atoms with E-state index in [1.165, 1.54) is 6.08 Å². The van der Waals surface area contributed by atoms with Crippen LogP contribution < -0.4 is 9.47 Å². The number of carbonyl (C=O) groups is 3. The number of rotatable bonds is 10. The monoisotopic (exact) mass is 420 g/mol. The lowest BCUT2D eigenvalue weighted by molar-refractivity contribution is -0.139. The van der Waals surface area contributed by atoms with Gasteiger partial charge in [0.15, 0.2) is 5.78 Å². The smallest absolute Gasteiger partial charge is 0.338 e. The fraction of sp³-hybridized carbons (Fsp3) is 0.160. The Labute approximate surface area is 181 Å². The van der Waals surface area contributed by atoms with E-state index < -0.39 is 11.9 Å². The SMILES string of the molecule is C=C(C)C(=O)OCCOc1ccc(C(=O)/C=C/c2ccc(OC(=O)C(=C)C)cc2)cc1. The van der Waals surface area contributed by atoms with Crippen molar-refractivity contribution in [2.75, 3.05) is 13.2 Å². The Morgan fingerprint density at radius 3 is 1.97 bits per heavy atom. The molecule has 0 aliphatic heterocycles. The van der Waals surface area contributed by atoms with Crippen LogP contribution in [-0.2, 0) is 14.3 Å². The van der Waals surface area contributed by atoms with Crippen LogP contribution in [-0.4, -0.2) is 30.9 Å². The van der Waals surface area contributed by atoms with Crippen molar-refractivity contribution in [2.24, 2.45) is 0 Å². The molecular weight excluding hydrogens is 396 g/mol. The average molecular weight is 420 g/mol. The molecule has 0 fully saturated rings. The van der Waals surface area contributed by atoms with Gasteiger partial charge >= 0.3 is 11.9 Å². The molecule has 0 unspecified atom stereocenters. The molecule has 6 heteroatoms. The molecule has 6 nitrogen and oxygen atoms in total. The summed E-state index contributed by atoms with van der Waals surface area (Å²) >= 11 is 0. The fourth-order valence-corrected chi connectivity index (χ4v) is 2.24. The van der Waals surface area contributed by atoms with Gasteiger partial charge in [0.1, 0.15) is 24.7 Å². The highest BCUT2D eigenvalue weighted by atomic mass is 16.6. The molecule has 0 aliphatic rings. The van der Waals surface area contributed by atoms with Gasteiger partial charge in [-0.15, -0.1) is 0 Å². The fourth-order valence-electron chi connectivity index (χ4n) is 2.24. The second kappa shape index (κ2) is 11.3. The van der Waals surface area contributed by atoms with Gasteiger partial charge in [-0.25, -0.2) is 9.59 Å². The van der Waals surface area contributed by atoms with Crippen molar-refractivity contribution in [1.82, 2.24) is 0 Å². The summed E-state index contributed by atoms with van der Waals surface area (Å²) in [6, 6.07) is 13.4. The molecule has 160 valence electrons. The molecule has 0 aromatic heterocycles. The van der Waals surface area contributed by atoms with Crippen molar-refractivity contribution >= 4 is 23.8 Å². The van der Waals surface area contributed by atoms with Crippen molar-refractivity contribution in [1.29, 1.82) is 0 Å². The Bertz CT molecular complexity index is 997. The number of ketones is 1. The minimum absolute atomic E-state index is 0.111. The molecule has 2 aromatic rings. The third-order valence-electron chi connectivity index (χ3n) is 3.94. The standard InChI is InChI=1S/C25H24O6/c1-17(2)24(27)30-16-15-29-21-12-8-20(9-13-21)23(26)14-7-19-5-10-22(11-6-19)31-25(28)18(3)4/h5-14H,1,3,15-16H2,2,4H3/b14-7+. The van der Waals surface area contributed by atoms with Crippen LogP contribution >= 0.6 is 0 Å². The summed E-state index contributed by atoms with van der Waals surface area (Å²) in [4.78, 5) is 35.1. The van der Waals surface area contributed by atoms with E-state index in [2.05, 4.69) is 13.2 Å². The summed E-state index contributed by atoms with van der Waals surface area (Å²) in [5.74, 6) is -0.148. The molecule has 0 aliphatic carbocycles. The second-order valence-electron chi connectivity index (χ2n) is 6.73. The van der Waals surface area contributed by atoms with Gasteiger partial charge in [0.25, 0.3) is 0 Å². The Balaban J connectivity index is 1.85. The third kappa shape index (κ3) is 7.78. The van der Waals surface area contributed by atoms with Gasteiger partial charge < -0.3 is 14.2 Å². The van der Waals surface area contributed by atoms with Gasteiger partial charge in [-0.3, -0.25) is 4.79 Å². The third-order valence-corrected chi connectivity index (χ3v) is 3.94. The van der Waals surface area contributed by atoms with Crippen LogP contribution in [0.25, 0.3) is 6.08 Å². The van der Waals surface area contributed by atoms with Gasteiger partial charge in [-0.2, -0.15) is 0 Å². The zero-order valence-electron chi connectivity index (χ0n) is 17.6. The van der Waals surface area contributed by atoms with Crippen LogP contribution in [0.15, 0.2) is 78.9 Å². The van der Waals surface area contributed by atoms with E-state index >= 15 is 0 Å². The average Bonchev–Trinajstić information content (AvgIpc) is 2.76. The molecule has 2 rings (SSSR count). The van der Waals surface area contributed by atoms with Gasteiger partial charge in [0.05, 0.1) is 0 Å². The van der Waals surface area contributed by atoms with Crippen LogP contribution in [0.4, 0.5) is 0 Å². The number of hydrogen-bond donors (Lipinski definition) is 0. The van der Waals surface area contributed by atoms with Gasteiger partial charge in [-0.05, 0) is 61.9 Å². The number of benzene rings is 2. The van der Waals surface area contributed by atoms with Crippen molar-refractivity contribution < 1.29 is 28.6 Å². The molecule has 0 spiro atoms. The van der Waals surface area contributed by atoms with E-state index in [4.69, 9.17) is 14.2 Å². The largest absolute Gasteiger partial charge is 0.490 e. The number of ether oxygens (including phenoxy) is 3. The van der Waals surface area contributed by atoms with E-state index in [0.29, 0.717) is 28.2 Å². The van der Waals surface area contributed by atoms with E-state index in [-0.39, 0.29) is 19.0 Å². The van der Waals surface area contributed by atoms with E-state index in [1.54, 1.807) is 68.5 Å². The maximum atomic E-state index is 12.3. The van der Waals surface area contributed by atoms with Gasteiger partial charge in [-0.1, -0.05) is 31.4 Å². The number of allylic oxidation sites excluding steroid dienone is 1. The first-order chi connectivity index (χ1) is 14.8. The summed E-state index contributed by atoms with van der Waals surface area (Å²) in [5.41, 5.74) is 1.94. The zero-order chi connectivity index (χ0) is 22.8. The molecule has 0 bridgehead atoms. The second-order valence-corrected chi connectivity index (χ2v) is 6.73. The molecule has 0 saturated carbocycles. The first-order valence-corrected chi connectivity index (χ1v) is 9.52. The summed E-state index contributed by atoms with van der Waals surface area (Å²) in [6.07, 6.45) is 3.13. The summed E-state index contributed by atoms with van der Waals surface area (Å²) in [5, 5.41) is 0. The minimum Gasteiger partial charge on any atom is -0.490 e. The van der Waals surface area contributed by atoms with E-state index in [1.807, 2.05) is 0 Å². The van der Waals surface area contributed by atoms with Crippen molar-refractivity contribution in [3.05, 3.63) is 90.0 Å². The van der Waals surface area contributed by atoms with Crippen molar-refractivity contribution in [3.63, 3.8) is 0 Å². The predicted octanol–water partition coefficient (Wildman–Crippen LogP) is 4.56. The van der Waals surface area contributed by atoms with Crippen LogP contribution in [0.3, 0.4) is 0 Å². The van der Waals surface area contributed by atoms with Crippen molar-refractivity contribution in [3.8, 4) is 11.5 Å². The first-order valence-electron chi connectivity index (χ1n) is 9.52. The minimum atomic E-state index is -0.487. The normalized spacial score (nSPS) is 10.4. The lowest BCUT2D eigenvalue weighted by Crippen LogP contribution is -2.12. The highest BCUT2D eigenvalue weighted by Crippen LogP contribution is 2.16. The first kappa shape index (κ1) is 23.3. The molecule has 2 aromatic carbocycles. The van der Waals surface area contributed by atoms with E-state index in [0.717, 1.165) is 5.56 Å². The highest BCUT2D eigenvalue weighted by Gasteiger charge is 2.06. The van der Waals surface area contributed by atoms with Crippen LogP contribution in [0.2, 0.25) is 0 Å². The topological polar surface area (TPSA) is 78.9 Å². The maximum absolute atomic E-state index is 12.3. The van der Waals surface area contributed by atoms with Gasteiger partial charge in [0, 0.05) is 16.7 Å². The molecular formula is C25H24O6. The molecule has 0 amide bonds. The van der Waals surface area contributed by atoms with Crippen molar-refractivity contribution in [2.45, 2.75) is 13.8 Å². The Hall–Kier alpha value is -3.93. The zero-order valence-corrected chi connectivity index (χ0v) is 17.6. The molecule has 0 radical (unpaired) electrons. The van der Waals surface area contributed by atoms with Crippen LogP contribution in [0, 0.1) is 0 Å². The lowest BCUT2D eigenvalue weighted by atomic mass is 10.1. The number of carbonyl (C=O) groups excluding carboxylic acids is 3. The summed E-state index contributed by atoms with van der Waals surface area (Å²) < 4.78 is 15.5. The molecule has 0 N–H and O–H groups in total. The van der Waals surface area contributed by atoms with Crippen LogP contribution in [0.1, 0.15) is 29.8 Å². The Kier molecular flexibility index (Phi) is 8.52. The van der Waals surface area contributed by atoms with E-state index in [9.17, 15) is 14.4 Å². The number of hydrogen-bond acceptors (Lipinski definition) is 6. The molecule has 0 atom stereocenters. The number of esters is 2. The molecule has 0 heterocycles. The predicted molar refractivity (Wildman–Crippen MR) is 118 cm³/mol. The summed E-state index contributed by atoms with van der Waals surface area (Å²) in [7, 11) is 0. The molecule has 0 saturated heterocycles. The Morgan fingerprint density at radius 2 is 1.39 bits per heavy atom. The van der Waals surface area contributed by atoms with Gasteiger partial charge in [0.2, 0.25) is 0 Å². The quantitative estimate of drug-likeness (QED) is 0.184. The van der Waals surface area contributed by atoms with Crippen LogP contribution in [0.5, 0.6) is 11.5 Å². The maximum Gasteiger partial charge on any atom is 0.338 e. The lowest BCUT2D eigenvalue weighted by Gasteiger charge is -2.07.